The molecule has 2 aliphatic rings. The van der Waals surface area contributed by atoms with Crippen molar-refractivity contribution >= 4 is 17.6 Å². The van der Waals surface area contributed by atoms with Gasteiger partial charge in [-0.2, -0.15) is 11.8 Å². The first-order valence-corrected chi connectivity index (χ1v) is 7.28. The van der Waals surface area contributed by atoms with Gasteiger partial charge in [-0.3, -0.25) is 0 Å². The predicted octanol–water partition coefficient (Wildman–Crippen LogP) is 1.99. The molecule has 1 aromatic rings. The number of fused-ring (bicyclic) bond motifs is 1. The van der Waals surface area contributed by atoms with Crippen molar-refractivity contribution in [3.05, 3.63) is 17.1 Å². The van der Waals surface area contributed by atoms with Crippen molar-refractivity contribution in [2.24, 2.45) is 0 Å². The third-order valence-electron chi connectivity index (χ3n) is 3.30. The molecule has 0 aliphatic carbocycles. The maximum Gasteiger partial charge on any atom is 0.133 e. The third kappa shape index (κ3) is 2.26. The molecule has 0 saturated carbocycles. The second-order valence-corrected chi connectivity index (χ2v) is 5.48. The molecule has 0 bridgehead atoms. The Morgan fingerprint density at radius 2 is 2.35 bits per heavy atom. The Morgan fingerprint density at radius 3 is 3.12 bits per heavy atom. The molecular formula is C12H17N3OS. The minimum atomic E-state index is 0.326. The number of nitrogens with one attached hydrogen (secondary N) is 1. The summed E-state index contributed by atoms with van der Waals surface area (Å²) in [5.41, 5.74) is 2.50. The maximum atomic E-state index is 5.64. The second kappa shape index (κ2) is 4.82. The van der Waals surface area contributed by atoms with Crippen LogP contribution in [0.3, 0.4) is 0 Å². The van der Waals surface area contributed by atoms with Gasteiger partial charge in [0.1, 0.15) is 11.6 Å². The van der Waals surface area contributed by atoms with E-state index in [1.807, 2.05) is 18.8 Å². The van der Waals surface area contributed by atoms with Gasteiger partial charge in [0, 0.05) is 37.1 Å². The SMILES string of the molecule is CNc1nc(CC2CCCO2)nc2c1CSC2. The molecule has 0 amide bonds. The van der Waals surface area contributed by atoms with Crippen molar-refractivity contribution in [3.63, 3.8) is 0 Å². The van der Waals surface area contributed by atoms with E-state index in [-0.39, 0.29) is 0 Å². The summed E-state index contributed by atoms with van der Waals surface area (Å²) in [5, 5.41) is 3.19. The summed E-state index contributed by atoms with van der Waals surface area (Å²) in [4.78, 5) is 9.28. The van der Waals surface area contributed by atoms with Crippen molar-refractivity contribution in [2.75, 3.05) is 19.0 Å². The van der Waals surface area contributed by atoms with E-state index in [0.717, 1.165) is 42.6 Å². The minimum Gasteiger partial charge on any atom is -0.378 e. The molecule has 1 aromatic heterocycles. The largest absolute Gasteiger partial charge is 0.378 e. The lowest BCUT2D eigenvalue weighted by atomic mass is 10.1. The number of hydrogen-bond acceptors (Lipinski definition) is 5. The maximum absolute atomic E-state index is 5.64. The molecule has 4 nitrogen and oxygen atoms in total. The Balaban J connectivity index is 1.84. The summed E-state index contributed by atoms with van der Waals surface area (Å²) >= 11 is 1.91. The minimum absolute atomic E-state index is 0.326. The van der Waals surface area contributed by atoms with Gasteiger partial charge in [-0.25, -0.2) is 9.97 Å². The monoisotopic (exact) mass is 251 g/mol. The van der Waals surface area contributed by atoms with Crippen LogP contribution >= 0.6 is 11.8 Å². The van der Waals surface area contributed by atoms with Crippen LogP contribution in [0.25, 0.3) is 0 Å². The van der Waals surface area contributed by atoms with Gasteiger partial charge < -0.3 is 10.1 Å². The van der Waals surface area contributed by atoms with E-state index in [1.54, 1.807) is 0 Å². The Bertz CT molecular complexity index is 418. The van der Waals surface area contributed by atoms with E-state index < -0.39 is 0 Å². The van der Waals surface area contributed by atoms with E-state index >= 15 is 0 Å². The molecule has 0 radical (unpaired) electrons. The van der Waals surface area contributed by atoms with E-state index in [2.05, 4.69) is 15.3 Å². The fourth-order valence-corrected chi connectivity index (χ4v) is 3.45. The third-order valence-corrected chi connectivity index (χ3v) is 4.27. The highest BCUT2D eigenvalue weighted by molar-refractivity contribution is 7.98. The van der Waals surface area contributed by atoms with Crippen molar-refractivity contribution in [1.82, 2.24) is 9.97 Å². The van der Waals surface area contributed by atoms with Crippen LogP contribution in [0.1, 0.15) is 29.9 Å². The van der Waals surface area contributed by atoms with Crippen LogP contribution in [0.15, 0.2) is 0 Å². The topological polar surface area (TPSA) is 47.0 Å². The Labute approximate surface area is 106 Å². The molecule has 1 unspecified atom stereocenters. The number of nitrogens with zero attached hydrogens (tertiary/aromatic N) is 2. The number of hydrogen-bond donors (Lipinski definition) is 1. The fourth-order valence-electron chi connectivity index (χ4n) is 2.41. The summed E-state index contributed by atoms with van der Waals surface area (Å²) in [6.07, 6.45) is 3.49. The van der Waals surface area contributed by atoms with Crippen molar-refractivity contribution in [2.45, 2.75) is 36.9 Å². The van der Waals surface area contributed by atoms with Crippen LogP contribution in [-0.4, -0.2) is 29.7 Å². The van der Waals surface area contributed by atoms with Gasteiger partial charge in [-0.15, -0.1) is 0 Å². The van der Waals surface area contributed by atoms with Crippen molar-refractivity contribution in [3.8, 4) is 0 Å². The molecule has 0 spiro atoms. The van der Waals surface area contributed by atoms with E-state index in [9.17, 15) is 0 Å². The second-order valence-electron chi connectivity index (χ2n) is 4.50. The zero-order chi connectivity index (χ0) is 11.7. The molecular weight excluding hydrogens is 234 g/mol. The summed E-state index contributed by atoms with van der Waals surface area (Å²) in [5.74, 6) is 3.99. The molecule has 1 atom stereocenters. The van der Waals surface area contributed by atoms with Gasteiger partial charge in [-0.1, -0.05) is 0 Å². The lowest BCUT2D eigenvalue weighted by molar-refractivity contribution is 0.110. The first-order chi connectivity index (χ1) is 8.36. The zero-order valence-corrected chi connectivity index (χ0v) is 10.8. The lowest BCUT2D eigenvalue weighted by Crippen LogP contribution is -2.14. The van der Waals surface area contributed by atoms with Crippen LogP contribution in [0.2, 0.25) is 0 Å². The Hall–Kier alpha value is -0.810. The molecule has 1 saturated heterocycles. The van der Waals surface area contributed by atoms with Gasteiger partial charge in [0.05, 0.1) is 11.8 Å². The van der Waals surface area contributed by atoms with Gasteiger partial charge in [0.25, 0.3) is 0 Å². The van der Waals surface area contributed by atoms with Gasteiger partial charge in [0.2, 0.25) is 0 Å². The van der Waals surface area contributed by atoms with E-state index in [0.29, 0.717) is 6.10 Å². The first-order valence-electron chi connectivity index (χ1n) is 6.12. The van der Waals surface area contributed by atoms with Crippen LogP contribution in [0, 0.1) is 0 Å². The number of ether oxygens (including phenoxy) is 1. The number of thioether (sulfide) groups is 1. The number of aromatic nitrogens is 2. The molecule has 1 fully saturated rings. The predicted molar refractivity (Wildman–Crippen MR) is 69.3 cm³/mol. The lowest BCUT2D eigenvalue weighted by Gasteiger charge is -2.11. The average molecular weight is 251 g/mol. The highest BCUT2D eigenvalue weighted by Gasteiger charge is 2.22. The molecule has 2 aliphatic heterocycles. The normalized spacial score (nSPS) is 22.8. The van der Waals surface area contributed by atoms with Crippen LogP contribution < -0.4 is 5.32 Å². The van der Waals surface area contributed by atoms with Crippen LogP contribution in [-0.2, 0) is 22.7 Å². The Morgan fingerprint density at radius 1 is 1.41 bits per heavy atom. The van der Waals surface area contributed by atoms with Gasteiger partial charge in [0.15, 0.2) is 0 Å². The molecule has 17 heavy (non-hydrogen) atoms. The highest BCUT2D eigenvalue weighted by atomic mass is 32.2. The fraction of sp³-hybridized carbons (Fsp3) is 0.667. The molecule has 0 aromatic carbocycles. The Kier molecular flexibility index (Phi) is 3.20. The smallest absolute Gasteiger partial charge is 0.133 e. The molecule has 3 heterocycles. The van der Waals surface area contributed by atoms with Gasteiger partial charge in [-0.05, 0) is 12.8 Å². The van der Waals surface area contributed by atoms with Crippen molar-refractivity contribution < 1.29 is 4.74 Å². The quantitative estimate of drug-likeness (QED) is 0.890. The molecule has 3 rings (SSSR count). The summed E-state index contributed by atoms with van der Waals surface area (Å²) in [6, 6.07) is 0. The number of rotatable bonds is 3. The average Bonchev–Trinajstić information content (AvgIpc) is 2.98. The number of anilines is 1. The highest BCUT2D eigenvalue weighted by Crippen LogP contribution is 2.32. The van der Waals surface area contributed by atoms with Gasteiger partial charge >= 0.3 is 0 Å². The van der Waals surface area contributed by atoms with Crippen LogP contribution in [0.4, 0.5) is 5.82 Å². The van der Waals surface area contributed by atoms with E-state index in [4.69, 9.17) is 4.74 Å². The standard InChI is InChI=1S/C12H17N3OS/c1-13-12-9-6-17-7-10(9)14-11(15-12)5-8-3-2-4-16-8/h8H,2-7H2,1H3,(H,13,14,15). The molecule has 5 heteroatoms. The zero-order valence-electron chi connectivity index (χ0n) is 10.0. The first kappa shape index (κ1) is 11.3. The molecule has 92 valence electrons. The van der Waals surface area contributed by atoms with Crippen LogP contribution in [0.5, 0.6) is 0 Å². The summed E-state index contributed by atoms with van der Waals surface area (Å²) < 4.78 is 5.64. The molecule has 1 N–H and O–H groups in total. The van der Waals surface area contributed by atoms with Crippen molar-refractivity contribution in [1.29, 1.82) is 0 Å². The summed E-state index contributed by atoms with van der Waals surface area (Å²) in [6.45, 7) is 0.893. The summed E-state index contributed by atoms with van der Waals surface area (Å²) in [7, 11) is 1.93. The van der Waals surface area contributed by atoms with E-state index in [1.165, 1.54) is 17.7 Å².